The second kappa shape index (κ2) is 5.34. The van der Waals surface area contributed by atoms with Crippen LogP contribution in [-0.2, 0) is 13.0 Å². The molecule has 3 nitrogen and oxygen atoms in total. The lowest BCUT2D eigenvalue weighted by molar-refractivity contribution is 0.629. The van der Waals surface area contributed by atoms with Gasteiger partial charge in [0.05, 0.1) is 16.1 Å². The van der Waals surface area contributed by atoms with Gasteiger partial charge in [-0.25, -0.2) is 4.39 Å². The summed E-state index contributed by atoms with van der Waals surface area (Å²) in [5.41, 5.74) is 2.44. The van der Waals surface area contributed by atoms with Crippen molar-refractivity contribution in [3.63, 3.8) is 0 Å². The van der Waals surface area contributed by atoms with Gasteiger partial charge in [-0.1, -0.05) is 17.7 Å². The maximum absolute atomic E-state index is 13.4. The number of fused-ring (bicyclic) bond motifs is 1. The maximum atomic E-state index is 13.4. The third-order valence-electron chi connectivity index (χ3n) is 3.13. The van der Waals surface area contributed by atoms with Crippen molar-refractivity contribution >= 4 is 34.9 Å². The molecule has 0 bridgehead atoms. The summed E-state index contributed by atoms with van der Waals surface area (Å²) in [6.07, 6.45) is 2.51. The zero-order valence-electron chi connectivity index (χ0n) is 10.4. The molecule has 0 spiro atoms. The number of H-pyrrole nitrogens is 1. The minimum absolute atomic E-state index is 0.0955. The number of aromatic amines is 1. The quantitative estimate of drug-likeness (QED) is 0.738. The number of aryl methyl sites for hydroxylation is 2. The summed E-state index contributed by atoms with van der Waals surface area (Å²) in [4.78, 5) is 7.27. The Kier molecular flexibility index (Phi) is 3.54. The first-order valence-corrected chi connectivity index (χ1v) is 6.91. The van der Waals surface area contributed by atoms with Gasteiger partial charge in [0.25, 0.3) is 0 Å². The van der Waals surface area contributed by atoms with Crippen molar-refractivity contribution < 1.29 is 4.39 Å². The largest absolute Gasteiger partial charge is 0.330 e. The minimum atomic E-state index is -0.452. The summed E-state index contributed by atoms with van der Waals surface area (Å²) in [5.74, 6) is -0.452. The van der Waals surface area contributed by atoms with Gasteiger partial charge in [0, 0.05) is 30.9 Å². The van der Waals surface area contributed by atoms with Crippen LogP contribution < -0.4 is 0 Å². The average Bonchev–Trinajstić information content (AvgIpc) is 2.73. The number of hydrogen-bond donors (Lipinski definition) is 1. The molecular formula is C14H11ClFN3S. The highest BCUT2D eigenvalue weighted by molar-refractivity contribution is 7.71. The number of nitrogens with one attached hydrogen (secondary N) is 1. The Morgan fingerprint density at radius 3 is 2.95 bits per heavy atom. The van der Waals surface area contributed by atoms with E-state index in [9.17, 15) is 4.39 Å². The number of hydrogen-bond acceptors (Lipinski definition) is 2. The Morgan fingerprint density at radius 2 is 2.20 bits per heavy atom. The molecule has 0 aliphatic rings. The number of benzene rings is 1. The molecule has 6 heteroatoms. The molecule has 0 unspecified atom stereocenters. The minimum Gasteiger partial charge on any atom is -0.330 e. The van der Waals surface area contributed by atoms with E-state index in [0.29, 0.717) is 16.8 Å². The predicted octanol–water partition coefficient (Wildman–Crippen LogP) is 4.13. The van der Waals surface area contributed by atoms with E-state index in [1.165, 1.54) is 6.07 Å². The predicted molar refractivity (Wildman–Crippen MR) is 80.0 cm³/mol. The fourth-order valence-corrected chi connectivity index (χ4v) is 2.60. The van der Waals surface area contributed by atoms with Crippen molar-refractivity contribution in [3.05, 3.63) is 57.8 Å². The van der Waals surface area contributed by atoms with Gasteiger partial charge in [0.15, 0.2) is 4.77 Å². The molecule has 2 aromatic heterocycles. The van der Waals surface area contributed by atoms with E-state index in [4.69, 9.17) is 23.8 Å². The van der Waals surface area contributed by atoms with Crippen molar-refractivity contribution in [3.8, 4) is 0 Å². The van der Waals surface area contributed by atoms with Crippen molar-refractivity contribution in [1.29, 1.82) is 0 Å². The average molecular weight is 308 g/mol. The van der Waals surface area contributed by atoms with Crippen LogP contribution in [0.4, 0.5) is 4.39 Å². The first kappa shape index (κ1) is 13.3. The summed E-state index contributed by atoms with van der Waals surface area (Å²) in [6.45, 7) is 0.664. The van der Waals surface area contributed by atoms with E-state index in [2.05, 4.69) is 9.97 Å². The summed E-state index contributed by atoms with van der Waals surface area (Å²) < 4.78 is 15.9. The van der Waals surface area contributed by atoms with Crippen molar-refractivity contribution in [1.82, 2.24) is 14.5 Å². The van der Waals surface area contributed by atoms with Crippen LogP contribution in [0.15, 0.2) is 36.5 Å². The highest BCUT2D eigenvalue weighted by Gasteiger charge is 2.09. The summed E-state index contributed by atoms with van der Waals surface area (Å²) in [5, 5.41) is 0.0955. The molecule has 0 radical (unpaired) electrons. The Hall–Kier alpha value is -1.72. The molecule has 0 fully saturated rings. The highest BCUT2D eigenvalue weighted by atomic mass is 35.5. The highest BCUT2D eigenvalue weighted by Crippen LogP contribution is 2.23. The monoisotopic (exact) mass is 307 g/mol. The number of aromatic nitrogens is 3. The smallest absolute Gasteiger partial charge is 0.178 e. The van der Waals surface area contributed by atoms with Gasteiger partial charge in [-0.15, -0.1) is 0 Å². The van der Waals surface area contributed by atoms with Crippen LogP contribution >= 0.6 is 23.8 Å². The first-order chi connectivity index (χ1) is 9.65. The van der Waals surface area contributed by atoms with E-state index in [1.807, 2.05) is 22.8 Å². The van der Waals surface area contributed by atoms with Crippen LogP contribution in [0.1, 0.15) is 5.69 Å². The topological polar surface area (TPSA) is 33.6 Å². The molecule has 0 saturated carbocycles. The van der Waals surface area contributed by atoms with Crippen LogP contribution in [0.5, 0.6) is 0 Å². The molecule has 1 N–H and O–H groups in total. The van der Waals surface area contributed by atoms with E-state index in [-0.39, 0.29) is 5.02 Å². The summed E-state index contributed by atoms with van der Waals surface area (Å²) >= 11 is 11.1. The Morgan fingerprint density at radius 1 is 1.35 bits per heavy atom. The van der Waals surface area contributed by atoms with Crippen LogP contribution in [-0.4, -0.2) is 14.5 Å². The van der Waals surface area contributed by atoms with Crippen LogP contribution in [0.25, 0.3) is 11.0 Å². The van der Waals surface area contributed by atoms with Gasteiger partial charge in [-0.3, -0.25) is 4.98 Å². The SMILES string of the molecule is Fc1cc2[nH]c(=S)n(CCc3ccccn3)c2cc1Cl. The lowest BCUT2D eigenvalue weighted by atomic mass is 10.2. The Labute approximate surface area is 125 Å². The molecule has 20 heavy (non-hydrogen) atoms. The number of imidazole rings is 1. The van der Waals surface area contributed by atoms with Crippen LogP contribution in [0, 0.1) is 10.6 Å². The lowest BCUT2D eigenvalue weighted by Gasteiger charge is -2.04. The number of pyridine rings is 1. The van der Waals surface area contributed by atoms with Crippen LogP contribution in [0.2, 0.25) is 5.02 Å². The van der Waals surface area contributed by atoms with E-state index < -0.39 is 5.82 Å². The molecule has 102 valence electrons. The van der Waals surface area contributed by atoms with Gasteiger partial charge in [-0.2, -0.15) is 0 Å². The molecule has 0 aliphatic carbocycles. The molecule has 1 aromatic carbocycles. The summed E-state index contributed by atoms with van der Waals surface area (Å²) in [7, 11) is 0. The normalized spacial score (nSPS) is 11.1. The lowest BCUT2D eigenvalue weighted by Crippen LogP contribution is -2.02. The number of nitrogens with zero attached hydrogens (tertiary/aromatic N) is 2. The molecule has 0 saturated heterocycles. The van der Waals surface area contributed by atoms with Crippen molar-refractivity contribution in [2.75, 3.05) is 0 Å². The second-order valence-corrected chi connectivity index (χ2v) is 5.23. The molecule has 3 aromatic rings. The summed E-state index contributed by atoms with van der Waals surface area (Å²) in [6, 6.07) is 8.75. The first-order valence-electron chi connectivity index (χ1n) is 6.12. The van der Waals surface area contributed by atoms with Crippen LogP contribution in [0.3, 0.4) is 0 Å². The molecule has 3 rings (SSSR count). The standard InChI is InChI=1S/C14H11ClFN3S/c15-10-7-13-12(8-11(10)16)18-14(20)19(13)6-4-9-3-1-2-5-17-9/h1-3,5,7-8H,4,6H2,(H,18,20). The van der Waals surface area contributed by atoms with Gasteiger partial charge in [0.1, 0.15) is 5.82 Å². The van der Waals surface area contributed by atoms with E-state index in [1.54, 1.807) is 12.3 Å². The van der Waals surface area contributed by atoms with Gasteiger partial charge >= 0.3 is 0 Å². The maximum Gasteiger partial charge on any atom is 0.178 e. The molecular weight excluding hydrogens is 297 g/mol. The molecule has 0 aliphatic heterocycles. The molecule has 2 heterocycles. The van der Waals surface area contributed by atoms with Gasteiger partial charge < -0.3 is 9.55 Å². The zero-order chi connectivity index (χ0) is 14.1. The fraction of sp³-hybridized carbons (Fsp3) is 0.143. The Balaban J connectivity index is 1.97. The second-order valence-electron chi connectivity index (χ2n) is 4.44. The number of halogens is 2. The van der Waals surface area contributed by atoms with Crippen molar-refractivity contribution in [2.45, 2.75) is 13.0 Å². The fourth-order valence-electron chi connectivity index (χ4n) is 2.15. The third-order valence-corrected chi connectivity index (χ3v) is 3.75. The Bertz CT molecular complexity index is 810. The van der Waals surface area contributed by atoms with E-state index >= 15 is 0 Å². The van der Waals surface area contributed by atoms with Gasteiger partial charge in [0.2, 0.25) is 0 Å². The molecule has 0 amide bonds. The third kappa shape index (κ3) is 2.46. The molecule has 0 atom stereocenters. The van der Waals surface area contributed by atoms with Gasteiger partial charge in [-0.05, 0) is 30.4 Å². The van der Waals surface area contributed by atoms with E-state index in [0.717, 1.165) is 17.6 Å². The number of rotatable bonds is 3. The van der Waals surface area contributed by atoms with Crippen molar-refractivity contribution in [2.24, 2.45) is 0 Å². The zero-order valence-corrected chi connectivity index (χ0v) is 12.0.